The van der Waals surface area contributed by atoms with Gasteiger partial charge in [0.15, 0.2) is 0 Å². The Hall–Kier alpha value is -3.13. The Bertz CT molecular complexity index is 1330. The molecule has 6 rings (SSSR count). The predicted molar refractivity (Wildman–Crippen MR) is 149 cm³/mol. The highest BCUT2D eigenvalue weighted by Crippen LogP contribution is 2.48. The molecule has 1 aromatic carbocycles. The average molecular weight is 534 g/mol. The van der Waals surface area contributed by atoms with Crippen molar-refractivity contribution in [1.29, 1.82) is 5.26 Å². The molecule has 2 aliphatic heterocycles. The molecule has 1 aliphatic carbocycles. The third-order valence-corrected chi connectivity index (χ3v) is 9.24. The van der Waals surface area contributed by atoms with Crippen LogP contribution in [0.4, 0.5) is 10.7 Å². The highest BCUT2D eigenvalue weighted by atomic mass is 32.1. The van der Waals surface area contributed by atoms with Gasteiger partial charge in [0.2, 0.25) is 11.7 Å². The molecule has 3 aliphatic rings. The van der Waals surface area contributed by atoms with Gasteiger partial charge in [0.25, 0.3) is 0 Å². The van der Waals surface area contributed by atoms with Crippen molar-refractivity contribution in [2.75, 3.05) is 63.1 Å². The molecule has 0 radical (unpaired) electrons. The van der Waals surface area contributed by atoms with Gasteiger partial charge in [-0.25, -0.2) is 0 Å². The molecular formula is C28H35N7O2S. The molecule has 10 heteroatoms. The number of thiophene rings is 1. The number of fused-ring (bicyclic) bond motifs is 1. The van der Waals surface area contributed by atoms with Crippen LogP contribution in [-0.2, 0) is 11.8 Å². The molecule has 0 amide bonds. The van der Waals surface area contributed by atoms with E-state index in [2.05, 4.69) is 45.4 Å². The Morgan fingerprint density at radius 1 is 1.18 bits per heavy atom. The summed E-state index contributed by atoms with van der Waals surface area (Å²) < 4.78 is 12.2. The van der Waals surface area contributed by atoms with Crippen LogP contribution in [0.25, 0.3) is 11.4 Å². The molecule has 2 saturated heterocycles. The Kier molecular flexibility index (Phi) is 6.99. The van der Waals surface area contributed by atoms with Gasteiger partial charge in [0.05, 0.1) is 11.0 Å². The van der Waals surface area contributed by atoms with E-state index < -0.39 is 5.41 Å². The number of aromatic nitrogens is 2. The summed E-state index contributed by atoms with van der Waals surface area (Å²) in [6, 6.07) is 8.60. The number of nitrogens with one attached hydrogen (secondary N) is 1. The first-order valence-corrected chi connectivity index (χ1v) is 14.5. The topological polar surface area (TPSA) is 116 Å². The van der Waals surface area contributed by atoms with E-state index in [0.717, 1.165) is 92.5 Å². The van der Waals surface area contributed by atoms with E-state index in [0.29, 0.717) is 28.9 Å². The summed E-state index contributed by atoms with van der Waals surface area (Å²) in [4.78, 5) is 10.9. The van der Waals surface area contributed by atoms with Crippen molar-refractivity contribution in [3.63, 3.8) is 0 Å². The van der Waals surface area contributed by atoms with E-state index in [-0.39, 0.29) is 0 Å². The maximum atomic E-state index is 9.83. The predicted octanol–water partition coefficient (Wildman–Crippen LogP) is 3.78. The molecule has 1 unspecified atom stereocenters. The Morgan fingerprint density at radius 3 is 2.79 bits per heavy atom. The molecule has 200 valence electrons. The average Bonchev–Trinajstić information content (AvgIpc) is 3.70. The van der Waals surface area contributed by atoms with E-state index in [4.69, 9.17) is 20.0 Å². The number of hydrogen-bond acceptors (Lipinski definition) is 10. The normalized spacial score (nSPS) is 21.8. The molecule has 3 N–H and O–H groups in total. The van der Waals surface area contributed by atoms with Crippen LogP contribution in [0.15, 0.2) is 22.7 Å². The number of likely N-dealkylation sites (tertiary alicyclic amines) is 1. The number of nitrogens with two attached hydrogens (primary N) is 1. The Balaban J connectivity index is 1.31. The molecule has 0 spiro atoms. The summed E-state index contributed by atoms with van der Waals surface area (Å²) in [5.41, 5.74) is 9.17. The lowest BCUT2D eigenvalue weighted by molar-refractivity contribution is 0.238. The molecule has 38 heavy (non-hydrogen) atoms. The molecule has 0 bridgehead atoms. The molecular weight excluding hydrogens is 498 g/mol. The quantitative estimate of drug-likeness (QED) is 0.468. The summed E-state index contributed by atoms with van der Waals surface area (Å²) in [6.45, 7) is 9.78. The standard InChI is InChI=1S/C28H35N7O2S/c1-28(6-4-5-23-24(28)22(18-29)25(30)38-23)27-32-26(33-37-27)19-15-20(35-11-7-31-8-12-35)17-21(16-19)36-14-13-34-9-2-3-10-34/h15-17,31H,2-14,30H2,1H3. The number of anilines is 2. The fourth-order valence-corrected chi connectivity index (χ4v) is 7.27. The van der Waals surface area contributed by atoms with Crippen molar-refractivity contribution in [3.8, 4) is 23.2 Å². The molecule has 2 aromatic heterocycles. The maximum Gasteiger partial charge on any atom is 0.237 e. The van der Waals surface area contributed by atoms with Crippen LogP contribution >= 0.6 is 11.3 Å². The van der Waals surface area contributed by atoms with E-state index >= 15 is 0 Å². The lowest BCUT2D eigenvalue weighted by Crippen LogP contribution is -2.43. The number of piperazine rings is 1. The zero-order valence-corrected chi connectivity index (χ0v) is 22.8. The lowest BCUT2D eigenvalue weighted by Gasteiger charge is -2.30. The van der Waals surface area contributed by atoms with Crippen LogP contribution < -0.4 is 20.7 Å². The van der Waals surface area contributed by atoms with Crippen molar-refractivity contribution < 1.29 is 9.26 Å². The van der Waals surface area contributed by atoms with Crippen LogP contribution in [0.3, 0.4) is 0 Å². The van der Waals surface area contributed by atoms with Gasteiger partial charge < -0.3 is 25.2 Å². The number of nitriles is 1. The first kappa shape index (κ1) is 25.2. The van der Waals surface area contributed by atoms with Gasteiger partial charge in [0.1, 0.15) is 23.4 Å². The summed E-state index contributed by atoms with van der Waals surface area (Å²) in [6.07, 6.45) is 5.29. The van der Waals surface area contributed by atoms with Gasteiger partial charge in [-0.3, -0.25) is 4.90 Å². The SMILES string of the molecule is CC1(c2nc(-c3cc(OCCN4CCCC4)cc(N4CCNCC4)c3)no2)CCCc2sc(N)c(C#N)c21. The van der Waals surface area contributed by atoms with E-state index in [9.17, 15) is 5.26 Å². The second-order valence-electron chi connectivity index (χ2n) is 10.7. The first-order valence-electron chi connectivity index (χ1n) is 13.7. The summed E-state index contributed by atoms with van der Waals surface area (Å²) >= 11 is 1.51. The van der Waals surface area contributed by atoms with Crippen LogP contribution in [-0.4, -0.2) is 67.5 Å². The minimum atomic E-state index is -0.538. The van der Waals surface area contributed by atoms with Gasteiger partial charge in [-0.15, -0.1) is 11.3 Å². The van der Waals surface area contributed by atoms with Gasteiger partial charge in [-0.2, -0.15) is 10.2 Å². The summed E-state index contributed by atoms with van der Waals surface area (Å²) in [5, 5.41) is 18.3. The summed E-state index contributed by atoms with van der Waals surface area (Å²) in [5.74, 6) is 1.90. The second-order valence-corrected chi connectivity index (χ2v) is 11.8. The fourth-order valence-electron chi connectivity index (χ4n) is 6.07. The van der Waals surface area contributed by atoms with E-state index in [1.165, 1.54) is 24.2 Å². The van der Waals surface area contributed by atoms with Gasteiger partial charge >= 0.3 is 0 Å². The number of rotatable bonds is 7. The highest BCUT2D eigenvalue weighted by Gasteiger charge is 2.43. The van der Waals surface area contributed by atoms with Crippen molar-refractivity contribution in [2.45, 2.75) is 44.4 Å². The molecule has 4 heterocycles. The molecule has 9 nitrogen and oxygen atoms in total. The molecule has 2 fully saturated rings. The second kappa shape index (κ2) is 10.6. The van der Waals surface area contributed by atoms with Crippen molar-refractivity contribution in [1.82, 2.24) is 20.4 Å². The zero-order valence-electron chi connectivity index (χ0n) is 22.0. The monoisotopic (exact) mass is 533 g/mol. The molecule has 1 atom stereocenters. The first-order chi connectivity index (χ1) is 18.5. The fraction of sp³-hybridized carbons (Fsp3) is 0.536. The number of benzene rings is 1. The van der Waals surface area contributed by atoms with E-state index in [1.54, 1.807) is 0 Å². The third-order valence-electron chi connectivity index (χ3n) is 8.16. The van der Waals surface area contributed by atoms with Crippen LogP contribution in [0.5, 0.6) is 5.75 Å². The minimum Gasteiger partial charge on any atom is -0.492 e. The van der Waals surface area contributed by atoms with Crippen LogP contribution in [0.2, 0.25) is 0 Å². The number of nitrogens with zero attached hydrogens (tertiary/aromatic N) is 5. The highest BCUT2D eigenvalue weighted by molar-refractivity contribution is 7.16. The molecule has 3 aromatic rings. The zero-order chi connectivity index (χ0) is 26.1. The van der Waals surface area contributed by atoms with Crippen molar-refractivity contribution in [2.24, 2.45) is 0 Å². The lowest BCUT2D eigenvalue weighted by atomic mass is 9.72. The van der Waals surface area contributed by atoms with E-state index in [1.807, 2.05) is 6.07 Å². The van der Waals surface area contributed by atoms with Gasteiger partial charge in [-0.05, 0) is 64.3 Å². The largest absolute Gasteiger partial charge is 0.492 e. The number of nitrogen functional groups attached to an aromatic ring is 1. The smallest absolute Gasteiger partial charge is 0.237 e. The number of aryl methyl sites for hydroxylation is 1. The maximum absolute atomic E-state index is 9.83. The number of ether oxygens (including phenoxy) is 1. The van der Waals surface area contributed by atoms with Crippen LogP contribution in [0, 0.1) is 11.3 Å². The van der Waals surface area contributed by atoms with Crippen LogP contribution in [0.1, 0.15) is 54.5 Å². The number of hydrogen-bond donors (Lipinski definition) is 2. The van der Waals surface area contributed by atoms with Gasteiger partial charge in [0, 0.05) is 60.5 Å². The van der Waals surface area contributed by atoms with Crippen molar-refractivity contribution >= 4 is 22.0 Å². The summed E-state index contributed by atoms with van der Waals surface area (Å²) in [7, 11) is 0. The minimum absolute atomic E-state index is 0.534. The van der Waals surface area contributed by atoms with Gasteiger partial charge in [-0.1, -0.05) is 5.16 Å². The Labute approximate surface area is 227 Å². The Morgan fingerprint density at radius 2 is 2.00 bits per heavy atom. The van der Waals surface area contributed by atoms with Crippen molar-refractivity contribution in [3.05, 3.63) is 40.1 Å². The molecule has 0 saturated carbocycles. The third kappa shape index (κ3) is 4.75.